The molecule has 0 aliphatic heterocycles. The predicted molar refractivity (Wildman–Crippen MR) is 93.8 cm³/mol. The molecule has 1 aromatic heterocycles. The molecule has 22 heavy (non-hydrogen) atoms. The minimum absolute atomic E-state index is 1.03. The van der Waals surface area contributed by atoms with Crippen LogP contribution in [0.5, 0.6) is 0 Å². The van der Waals surface area contributed by atoms with E-state index in [1.54, 1.807) is 0 Å². The average Bonchev–Trinajstić information content (AvgIpc) is 2.59. The number of nitrogens with zero attached hydrogens (tertiary/aromatic N) is 2. The van der Waals surface area contributed by atoms with E-state index in [2.05, 4.69) is 78.7 Å². The van der Waals surface area contributed by atoms with Crippen LogP contribution in [0.4, 0.5) is 11.4 Å². The molecule has 0 radical (unpaired) electrons. The Morgan fingerprint density at radius 2 is 1.45 bits per heavy atom. The van der Waals surface area contributed by atoms with Gasteiger partial charge in [-0.15, -0.1) is 0 Å². The number of rotatable bonds is 2. The van der Waals surface area contributed by atoms with E-state index < -0.39 is 0 Å². The molecule has 106 valence electrons. The van der Waals surface area contributed by atoms with Crippen LogP contribution in [0, 0.1) is 0 Å². The van der Waals surface area contributed by atoms with Crippen molar-refractivity contribution in [2.45, 2.75) is 0 Å². The topological polar surface area (TPSA) is 16.1 Å². The van der Waals surface area contributed by atoms with E-state index in [0.29, 0.717) is 0 Å². The Kier molecular flexibility index (Phi) is 3.01. The maximum Gasteiger partial charge on any atom is 0.0730 e. The highest BCUT2D eigenvalue weighted by Gasteiger charge is 2.09. The molecule has 2 heteroatoms. The minimum Gasteiger partial charge on any atom is -0.344 e. The smallest absolute Gasteiger partial charge is 0.0730 e. The molecule has 4 rings (SSSR count). The third-order valence-electron chi connectivity index (χ3n) is 4.04. The van der Waals surface area contributed by atoms with Gasteiger partial charge >= 0.3 is 0 Å². The van der Waals surface area contributed by atoms with Crippen molar-refractivity contribution >= 4 is 33.2 Å². The van der Waals surface area contributed by atoms with Crippen LogP contribution in [0.3, 0.4) is 0 Å². The van der Waals surface area contributed by atoms with Crippen LogP contribution in [0.1, 0.15) is 0 Å². The molecule has 0 fully saturated rings. The van der Waals surface area contributed by atoms with Crippen molar-refractivity contribution in [2.24, 2.45) is 0 Å². The zero-order chi connectivity index (χ0) is 14.9. The maximum absolute atomic E-state index is 4.79. The van der Waals surface area contributed by atoms with E-state index in [1.807, 2.05) is 12.1 Å². The Labute approximate surface area is 129 Å². The van der Waals surface area contributed by atoms with Gasteiger partial charge in [0.25, 0.3) is 0 Å². The fraction of sp³-hybridized carbons (Fsp3) is 0.0500. The van der Waals surface area contributed by atoms with Crippen molar-refractivity contribution in [1.29, 1.82) is 0 Å². The minimum atomic E-state index is 1.03. The van der Waals surface area contributed by atoms with Gasteiger partial charge in [0, 0.05) is 23.5 Å². The van der Waals surface area contributed by atoms with Crippen LogP contribution in [-0.4, -0.2) is 12.0 Å². The molecule has 2 nitrogen and oxygen atoms in total. The first-order valence-electron chi connectivity index (χ1n) is 7.40. The Morgan fingerprint density at radius 1 is 0.727 bits per heavy atom. The Hall–Kier alpha value is -2.87. The molecular weight excluding hydrogens is 268 g/mol. The molecule has 0 aliphatic carbocycles. The summed E-state index contributed by atoms with van der Waals surface area (Å²) in [6, 6.07) is 27.2. The number of benzene rings is 3. The second-order valence-electron chi connectivity index (χ2n) is 5.42. The van der Waals surface area contributed by atoms with Gasteiger partial charge in [-0.1, -0.05) is 42.5 Å². The first-order chi connectivity index (χ1) is 10.8. The molecule has 1 heterocycles. The molecule has 0 N–H and O–H groups in total. The summed E-state index contributed by atoms with van der Waals surface area (Å²) in [4.78, 5) is 6.99. The Balaban J connectivity index is 1.96. The Morgan fingerprint density at radius 3 is 2.32 bits per heavy atom. The number of hydrogen-bond donors (Lipinski definition) is 0. The van der Waals surface area contributed by atoms with E-state index in [0.717, 1.165) is 11.0 Å². The van der Waals surface area contributed by atoms with Crippen molar-refractivity contribution < 1.29 is 0 Å². The van der Waals surface area contributed by atoms with Crippen LogP contribution in [0.15, 0.2) is 78.9 Å². The SMILES string of the molecule is CN(c1ccccc1)c1cccc2nc3ccccc3cc12. The van der Waals surface area contributed by atoms with E-state index in [9.17, 15) is 0 Å². The number of hydrogen-bond acceptors (Lipinski definition) is 2. The third kappa shape index (κ3) is 2.09. The summed E-state index contributed by atoms with van der Waals surface area (Å²) in [5, 5.41) is 2.34. The summed E-state index contributed by atoms with van der Waals surface area (Å²) in [6.07, 6.45) is 0. The summed E-state index contributed by atoms with van der Waals surface area (Å²) < 4.78 is 0. The van der Waals surface area contributed by atoms with Crippen molar-refractivity contribution in [3.63, 3.8) is 0 Å². The highest BCUT2D eigenvalue weighted by atomic mass is 15.1. The second kappa shape index (κ2) is 5.15. The third-order valence-corrected chi connectivity index (χ3v) is 4.04. The molecular formula is C20H16N2. The lowest BCUT2D eigenvalue weighted by molar-refractivity contribution is 1.22. The standard InChI is InChI=1S/C20H16N2/c1-22(16-9-3-2-4-10-16)20-13-7-12-19-17(20)14-15-8-5-6-11-18(15)21-19/h2-14H,1H3. The quantitative estimate of drug-likeness (QED) is 0.473. The number of pyridine rings is 1. The van der Waals surface area contributed by atoms with E-state index >= 15 is 0 Å². The number of anilines is 2. The molecule has 0 spiro atoms. The molecule has 0 saturated carbocycles. The van der Waals surface area contributed by atoms with Crippen molar-refractivity contribution in [3.8, 4) is 0 Å². The van der Waals surface area contributed by atoms with Gasteiger partial charge in [-0.05, 0) is 36.4 Å². The Bertz CT molecular complexity index is 945. The molecule has 0 bridgehead atoms. The average molecular weight is 284 g/mol. The van der Waals surface area contributed by atoms with Gasteiger partial charge in [-0.25, -0.2) is 4.98 Å². The fourth-order valence-electron chi connectivity index (χ4n) is 2.87. The van der Waals surface area contributed by atoms with E-state index in [-0.39, 0.29) is 0 Å². The fourth-order valence-corrected chi connectivity index (χ4v) is 2.87. The van der Waals surface area contributed by atoms with Gasteiger partial charge in [0.05, 0.1) is 16.7 Å². The van der Waals surface area contributed by atoms with Crippen molar-refractivity contribution in [2.75, 3.05) is 11.9 Å². The number of fused-ring (bicyclic) bond motifs is 2. The number of aromatic nitrogens is 1. The summed E-state index contributed by atoms with van der Waals surface area (Å²) in [5.74, 6) is 0. The van der Waals surface area contributed by atoms with Crippen LogP contribution in [0.2, 0.25) is 0 Å². The largest absolute Gasteiger partial charge is 0.344 e. The van der Waals surface area contributed by atoms with Crippen LogP contribution in [0.25, 0.3) is 21.8 Å². The number of para-hydroxylation sites is 2. The summed E-state index contributed by atoms with van der Waals surface area (Å²) in [6.45, 7) is 0. The van der Waals surface area contributed by atoms with Crippen LogP contribution >= 0.6 is 0 Å². The van der Waals surface area contributed by atoms with Gasteiger partial charge in [-0.3, -0.25) is 0 Å². The molecule has 0 amide bonds. The first kappa shape index (κ1) is 12.8. The normalized spacial score (nSPS) is 11.0. The van der Waals surface area contributed by atoms with Crippen LogP contribution in [-0.2, 0) is 0 Å². The van der Waals surface area contributed by atoms with Crippen molar-refractivity contribution in [1.82, 2.24) is 4.98 Å². The van der Waals surface area contributed by atoms with Crippen LogP contribution < -0.4 is 4.90 Å². The zero-order valence-corrected chi connectivity index (χ0v) is 12.4. The lowest BCUT2D eigenvalue weighted by Crippen LogP contribution is -2.09. The van der Waals surface area contributed by atoms with Gasteiger partial charge in [0.15, 0.2) is 0 Å². The highest BCUT2D eigenvalue weighted by molar-refractivity contribution is 6.00. The van der Waals surface area contributed by atoms with E-state index in [4.69, 9.17) is 4.98 Å². The first-order valence-corrected chi connectivity index (χ1v) is 7.40. The zero-order valence-electron chi connectivity index (χ0n) is 12.4. The molecule has 3 aromatic carbocycles. The second-order valence-corrected chi connectivity index (χ2v) is 5.42. The van der Waals surface area contributed by atoms with E-state index in [1.165, 1.54) is 22.1 Å². The molecule has 0 unspecified atom stereocenters. The highest BCUT2D eigenvalue weighted by Crippen LogP contribution is 2.32. The lowest BCUT2D eigenvalue weighted by atomic mass is 10.1. The van der Waals surface area contributed by atoms with Gasteiger partial charge in [0.1, 0.15) is 0 Å². The lowest BCUT2D eigenvalue weighted by Gasteiger charge is -2.21. The molecule has 0 saturated heterocycles. The van der Waals surface area contributed by atoms with Gasteiger partial charge < -0.3 is 4.90 Å². The van der Waals surface area contributed by atoms with Gasteiger partial charge in [-0.2, -0.15) is 0 Å². The molecule has 4 aromatic rings. The van der Waals surface area contributed by atoms with Crippen molar-refractivity contribution in [3.05, 3.63) is 78.9 Å². The summed E-state index contributed by atoms with van der Waals surface area (Å²) in [7, 11) is 2.10. The monoisotopic (exact) mass is 284 g/mol. The molecule has 0 aliphatic rings. The van der Waals surface area contributed by atoms with Gasteiger partial charge in [0.2, 0.25) is 0 Å². The summed E-state index contributed by atoms with van der Waals surface area (Å²) in [5.41, 5.74) is 4.40. The predicted octanol–water partition coefficient (Wildman–Crippen LogP) is 5.16. The summed E-state index contributed by atoms with van der Waals surface area (Å²) >= 11 is 0. The maximum atomic E-state index is 4.79. The molecule has 0 atom stereocenters.